The summed E-state index contributed by atoms with van der Waals surface area (Å²) in [6.45, 7) is 0. The number of halogens is 1. The second kappa shape index (κ2) is 5.97. The van der Waals surface area contributed by atoms with Gasteiger partial charge in [0.2, 0.25) is 0 Å². The van der Waals surface area contributed by atoms with Crippen LogP contribution in [0.1, 0.15) is 11.9 Å². The highest BCUT2D eigenvalue weighted by Crippen LogP contribution is 2.28. The van der Waals surface area contributed by atoms with Gasteiger partial charge in [0.1, 0.15) is 16.9 Å². The average molecular weight is 348 g/mol. The molecule has 1 aliphatic rings. The van der Waals surface area contributed by atoms with Crippen molar-refractivity contribution in [2.24, 2.45) is 7.05 Å². The number of benzene rings is 1. The SMILES string of the molecule is CN1C(Cl)=CC=CC1c1nn(-c2ccccc2[N+](=O)[O-])c(=O)n1C. The van der Waals surface area contributed by atoms with Crippen molar-refractivity contribution in [3.8, 4) is 5.69 Å². The Balaban J connectivity index is 2.15. The van der Waals surface area contributed by atoms with Crippen LogP contribution in [-0.4, -0.2) is 31.2 Å². The Kier molecular flexibility index (Phi) is 3.98. The molecule has 8 nitrogen and oxygen atoms in total. The van der Waals surface area contributed by atoms with Crippen molar-refractivity contribution >= 4 is 17.3 Å². The van der Waals surface area contributed by atoms with Gasteiger partial charge < -0.3 is 4.90 Å². The van der Waals surface area contributed by atoms with Gasteiger partial charge in [-0.1, -0.05) is 35.9 Å². The lowest BCUT2D eigenvalue weighted by Crippen LogP contribution is -2.27. The number of hydrogen-bond donors (Lipinski definition) is 0. The summed E-state index contributed by atoms with van der Waals surface area (Å²) < 4.78 is 2.40. The molecule has 0 aliphatic carbocycles. The number of allylic oxidation sites excluding steroid dienone is 2. The Labute approximate surface area is 142 Å². The summed E-state index contributed by atoms with van der Waals surface area (Å²) in [7, 11) is 3.35. The molecule has 1 unspecified atom stereocenters. The number of para-hydroxylation sites is 2. The second-order valence-electron chi connectivity index (χ2n) is 5.29. The Hall–Kier alpha value is -2.87. The molecule has 1 aliphatic heterocycles. The van der Waals surface area contributed by atoms with Gasteiger partial charge in [-0.3, -0.25) is 14.7 Å². The van der Waals surface area contributed by atoms with Gasteiger partial charge in [0, 0.05) is 20.2 Å². The van der Waals surface area contributed by atoms with Gasteiger partial charge in [0.25, 0.3) is 5.69 Å². The number of hydrogen-bond acceptors (Lipinski definition) is 5. The topological polar surface area (TPSA) is 86.2 Å². The summed E-state index contributed by atoms with van der Waals surface area (Å²) in [5.41, 5.74) is -0.528. The van der Waals surface area contributed by atoms with E-state index < -0.39 is 10.6 Å². The van der Waals surface area contributed by atoms with Crippen molar-refractivity contribution in [2.45, 2.75) is 6.04 Å². The summed E-state index contributed by atoms with van der Waals surface area (Å²) in [4.78, 5) is 25.0. The van der Waals surface area contributed by atoms with E-state index in [2.05, 4.69) is 5.10 Å². The number of aromatic nitrogens is 3. The summed E-state index contributed by atoms with van der Waals surface area (Å²) in [5, 5.41) is 16.0. The highest BCUT2D eigenvalue weighted by atomic mass is 35.5. The molecule has 2 heterocycles. The minimum Gasteiger partial charge on any atom is -0.352 e. The molecule has 0 bridgehead atoms. The molecular weight excluding hydrogens is 334 g/mol. The number of nitro benzene ring substituents is 1. The van der Waals surface area contributed by atoms with Crippen LogP contribution in [0.5, 0.6) is 0 Å². The molecule has 0 amide bonds. The Morgan fingerprint density at radius 3 is 2.71 bits per heavy atom. The Morgan fingerprint density at radius 1 is 1.29 bits per heavy atom. The van der Waals surface area contributed by atoms with Gasteiger partial charge in [0.15, 0.2) is 5.82 Å². The van der Waals surface area contributed by atoms with E-state index in [1.54, 1.807) is 43.3 Å². The maximum absolute atomic E-state index is 12.5. The van der Waals surface area contributed by atoms with E-state index in [1.807, 2.05) is 6.08 Å². The van der Waals surface area contributed by atoms with Crippen LogP contribution in [0.2, 0.25) is 0 Å². The maximum Gasteiger partial charge on any atom is 0.350 e. The van der Waals surface area contributed by atoms with Gasteiger partial charge in [-0.05, 0) is 12.1 Å². The molecule has 0 saturated carbocycles. The number of nitro groups is 1. The van der Waals surface area contributed by atoms with E-state index in [4.69, 9.17) is 11.6 Å². The molecule has 1 aromatic carbocycles. The normalized spacial score (nSPS) is 17.0. The third-order valence-electron chi connectivity index (χ3n) is 3.87. The van der Waals surface area contributed by atoms with Crippen LogP contribution in [-0.2, 0) is 7.05 Å². The zero-order valence-corrected chi connectivity index (χ0v) is 13.7. The smallest absolute Gasteiger partial charge is 0.350 e. The first kappa shape index (κ1) is 16.0. The van der Waals surface area contributed by atoms with Crippen LogP contribution in [0.25, 0.3) is 5.69 Å². The molecule has 24 heavy (non-hydrogen) atoms. The zero-order chi connectivity index (χ0) is 17.4. The molecule has 124 valence electrons. The molecule has 0 fully saturated rings. The largest absolute Gasteiger partial charge is 0.352 e. The minimum atomic E-state index is -0.539. The molecule has 0 spiro atoms. The predicted molar refractivity (Wildman–Crippen MR) is 89.0 cm³/mol. The third kappa shape index (κ3) is 2.50. The first-order chi connectivity index (χ1) is 11.4. The van der Waals surface area contributed by atoms with Crippen LogP contribution in [0.3, 0.4) is 0 Å². The summed E-state index contributed by atoms with van der Waals surface area (Å²) in [6, 6.07) is 5.64. The van der Waals surface area contributed by atoms with Gasteiger partial charge >= 0.3 is 5.69 Å². The zero-order valence-electron chi connectivity index (χ0n) is 13.0. The quantitative estimate of drug-likeness (QED) is 0.482. The lowest BCUT2D eigenvalue weighted by molar-refractivity contribution is -0.384. The van der Waals surface area contributed by atoms with Gasteiger partial charge in [-0.2, -0.15) is 4.68 Å². The van der Waals surface area contributed by atoms with E-state index in [-0.39, 0.29) is 17.4 Å². The van der Waals surface area contributed by atoms with Crippen LogP contribution in [0, 0.1) is 10.1 Å². The lowest BCUT2D eigenvalue weighted by atomic mass is 10.2. The molecule has 9 heteroatoms. The van der Waals surface area contributed by atoms with E-state index in [0.29, 0.717) is 11.0 Å². The molecule has 2 aromatic rings. The second-order valence-corrected chi connectivity index (χ2v) is 5.67. The number of likely N-dealkylation sites (N-methyl/N-ethyl adjacent to an activating group) is 1. The van der Waals surface area contributed by atoms with Crippen LogP contribution in [0.15, 0.2) is 52.4 Å². The predicted octanol–water partition coefficient (Wildman–Crippen LogP) is 2.10. The average Bonchev–Trinajstić information content (AvgIpc) is 2.86. The van der Waals surface area contributed by atoms with Crippen molar-refractivity contribution in [1.29, 1.82) is 0 Å². The van der Waals surface area contributed by atoms with Crippen LogP contribution < -0.4 is 5.69 Å². The van der Waals surface area contributed by atoms with Crippen LogP contribution >= 0.6 is 11.6 Å². The first-order valence-electron chi connectivity index (χ1n) is 7.08. The van der Waals surface area contributed by atoms with E-state index in [1.165, 1.54) is 16.7 Å². The Morgan fingerprint density at radius 2 is 2.00 bits per heavy atom. The summed E-state index contributed by atoms with van der Waals surface area (Å²) >= 11 is 6.12. The fourth-order valence-corrected chi connectivity index (χ4v) is 2.72. The van der Waals surface area contributed by atoms with Gasteiger partial charge in [-0.25, -0.2) is 4.79 Å². The van der Waals surface area contributed by atoms with E-state index in [9.17, 15) is 14.9 Å². The van der Waals surface area contributed by atoms with Crippen molar-refractivity contribution in [3.63, 3.8) is 0 Å². The van der Waals surface area contributed by atoms with E-state index >= 15 is 0 Å². The molecule has 1 aromatic heterocycles. The molecule has 0 saturated heterocycles. The minimum absolute atomic E-state index is 0.124. The Bertz CT molecular complexity index is 927. The third-order valence-corrected chi connectivity index (χ3v) is 4.26. The van der Waals surface area contributed by atoms with Crippen molar-refractivity contribution in [1.82, 2.24) is 19.2 Å². The first-order valence-corrected chi connectivity index (χ1v) is 7.46. The summed E-state index contributed by atoms with van der Waals surface area (Å²) in [5.74, 6) is 0.433. The van der Waals surface area contributed by atoms with Crippen molar-refractivity contribution in [3.05, 3.63) is 74.1 Å². The molecule has 0 N–H and O–H groups in total. The highest BCUT2D eigenvalue weighted by Gasteiger charge is 2.26. The van der Waals surface area contributed by atoms with Gasteiger partial charge in [0.05, 0.1) is 4.92 Å². The standard InChI is InChI=1S/C15H14ClN5O3/c1-18-12(8-5-9-13(18)16)14-17-20(15(22)19(14)2)10-6-3-4-7-11(10)21(23)24/h3-9,12H,1-2H3. The maximum atomic E-state index is 12.5. The monoisotopic (exact) mass is 347 g/mol. The molecule has 3 rings (SSSR count). The van der Waals surface area contributed by atoms with Crippen molar-refractivity contribution < 1.29 is 4.92 Å². The van der Waals surface area contributed by atoms with E-state index in [0.717, 1.165) is 4.68 Å². The number of rotatable bonds is 3. The fraction of sp³-hybridized carbons (Fsp3) is 0.200. The molecule has 1 atom stereocenters. The van der Waals surface area contributed by atoms with Gasteiger partial charge in [-0.15, -0.1) is 5.10 Å². The van der Waals surface area contributed by atoms with Crippen molar-refractivity contribution in [2.75, 3.05) is 7.05 Å². The number of nitrogens with zero attached hydrogens (tertiary/aromatic N) is 5. The summed E-state index contributed by atoms with van der Waals surface area (Å²) in [6.07, 6.45) is 5.36. The molecule has 0 radical (unpaired) electrons. The molecular formula is C15H14ClN5O3. The fourth-order valence-electron chi connectivity index (χ4n) is 2.54. The van der Waals surface area contributed by atoms with Crippen LogP contribution in [0.4, 0.5) is 5.69 Å². The highest BCUT2D eigenvalue weighted by molar-refractivity contribution is 6.29. The lowest BCUT2D eigenvalue weighted by Gasteiger charge is -2.27.